The monoisotopic (exact) mass is 266 g/mol. The molecule has 1 aromatic heterocycles. The van der Waals surface area contributed by atoms with E-state index in [2.05, 4.69) is 0 Å². The Hall–Kier alpha value is -2.34. The van der Waals surface area contributed by atoms with Crippen molar-refractivity contribution in [3.05, 3.63) is 63.1 Å². The first-order valence-corrected chi connectivity index (χ1v) is 5.24. The molecular formula is C11H7ClN2O4. The minimum absolute atomic E-state index is 0.139. The molecule has 0 aliphatic rings. The maximum Gasteiger partial charge on any atom is 0.323 e. The highest BCUT2D eigenvalue weighted by molar-refractivity contribution is 6.30. The summed E-state index contributed by atoms with van der Waals surface area (Å²) in [5, 5.41) is 22.3. The van der Waals surface area contributed by atoms with Gasteiger partial charge in [-0.15, -0.1) is 0 Å². The number of aromatic nitrogens is 1. The topological polar surface area (TPSA) is 79.3 Å². The van der Waals surface area contributed by atoms with Gasteiger partial charge in [0, 0.05) is 5.02 Å². The van der Waals surface area contributed by atoms with E-state index in [0.29, 0.717) is 15.5 Å². The second-order valence-electron chi connectivity index (χ2n) is 3.37. The first-order chi connectivity index (χ1) is 8.56. The zero-order valence-electron chi connectivity index (χ0n) is 8.95. The summed E-state index contributed by atoms with van der Waals surface area (Å²) < 4.78 is 5.71. The number of pyridine rings is 1. The molecule has 0 saturated carbocycles. The zero-order chi connectivity index (χ0) is 13.1. The third-order valence-corrected chi connectivity index (χ3v) is 2.33. The van der Waals surface area contributed by atoms with Gasteiger partial charge < -0.3 is 9.94 Å². The molecule has 0 aliphatic carbocycles. The number of benzene rings is 1. The second-order valence-corrected chi connectivity index (χ2v) is 3.81. The predicted octanol–water partition coefficient (Wildman–Crippen LogP) is 2.67. The van der Waals surface area contributed by atoms with E-state index < -0.39 is 4.92 Å². The lowest BCUT2D eigenvalue weighted by molar-refractivity contribution is -0.606. The molecule has 0 radical (unpaired) electrons. The Morgan fingerprint density at radius 1 is 1.33 bits per heavy atom. The molecule has 6 nitrogen and oxygen atoms in total. The lowest BCUT2D eigenvalue weighted by atomic mass is 10.3. The summed E-state index contributed by atoms with van der Waals surface area (Å²) in [5.74, 6) is 0.177. The zero-order valence-corrected chi connectivity index (χ0v) is 9.70. The molecule has 0 N–H and O–H groups in total. The number of rotatable bonds is 3. The molecule has 0 unspecified atom stereocenters. The average molecular weight is 267 g/mol. The molecular weight excluding hydrogens is 260 g/mol. The van der Waals surface area contributed by atoms with Crippen LogP contribution in [0.25, 0.3) is 0 Å². The number of hydrogen-bond donors (Lipinski definition) is 0. The van der Waals surface area contributed by atoms with Gasteiger partial charge in [0.15, 0.2) is 6.20 Å². The highest BCUT2D eigenvalue weighted by Gasteiger charge is 2.19. The Balaban J connectivity index is 2.39. The molecule has 7 heteroatoms. The van der Waals surface area contributed by atoms with E-state index in [4.69, 9.17) is 16.3 Å². The molecule has 18 heavy (non-hydrogen) atoms. The van der Waals surface area contributed by atoms with Crippen LogP contribution in [-0.4, -0.2) is 4.92 Å². The summed E-state index contributed by atoms with van der Waals surface area (Å²) in [7, 11) is 0. The Morgan fingerprint density at radius 3 is 2.78 bits per heavy atom. The lowest BCUT2D eigenvalue weighted by Gasteiger charge is -2.05. The van der Waals surface area contributed by atoms with E-state index in [1.165, 1.54) is 6.07 Å². The molecule has 0 amide bonds. The van der Waals surface area contributed by atoms with E-state index >= 15 is 0 Å². The van der Waals surface area contributed by atoms with Crippen LogP contribution in [0, 0.1) is 15.3 Å². The van der Waals surface area contributed by atoms with Crippen LogP contribution < -0.4 is 9.47 Å². The van der Waals surface area contributed by atoms with Crippen molar-refractivity contribution < 1.29 is 14.4 Å². The van der Waals surface area contributed by atoms with Crippen LogP contribution in [0.4, 0.5) is 5.69 Å². The normalized spacial score (nSPS) is 10.1. The summed E-state index contributed by atoms with van der Waals surface area (Å²) in [5.41, 5.74) is -0.290. The molecule has 0 fully saturated rings. The largest absolute Gasteiger partial charge is 0.619 e. The fourth-order valence-corrected chi connectivity index (χ4v) is 1.52. The van der Waals surface area contributed by atoms with E-state index in [1.54, 1.807) is 18.2 Å². The predicted molar refractivity (Wildman–Crippen MR) is 63.6 cm³/mol. The standard InChI is InChI=1S/C11H7ClN2O4/c12-8-2-1-3-9(6-8)18-11-7-13(15)5-4-10(11)14(16)17/h1-7H. The van der Waals surface area contributed by atoms with E-state index in [0.717, 1.165) is 18.5 Å². The number of nitrogens with zero attached hydrogens (tertiary/aromatic N) is 2. The maximum atomic E-state index is 11.1. The van der Waals surface area contributed by atoms with Crippen molar-refractivity contribution in [3.8, 4) is 11.5 Å². The minimum Gasteiger partial charge on any atom is -0.619 e. The Labute approximate surface area is 107 Å². The SMILES string of the molecule is O=[N+]([O-])c1cc[n+]([O-])cc1Oc1cccc(Cl)c1. The van der Waals surface area contributed by atoms with Gasteiger partial charge >= 0.3 is 5.69 Å². The van der Waals surface area contributed by atoms with Gasteiger partial charge in [0.05, 0.1) is 11.0 Å². The van der Waals surface area contributed by atoms with Gasteiger partial charge in [-0.05, 0) is 18.2 Å². The van der Waals surface area contributed by atoms with Gasteiger partial charge in [-0.1, -0.05) is 17.7 Å². The maximum absolute atomic E-state index is 11.1. The molecule has 0 saturated heterocycles. The summed E-state index contributed by atoms with van der Waals surface area (Å²) in [4.78, 5) is 10.2. The van der Waals surface area contributed by atoms with Gasteiger partial charge in [0.1, 0.15) is 5.75 Å². The van der Waals surface area contributed by atoms with Crippen LogP contribution in [0.2, 0.25) is 5.02 Å². The first kappa shape index (κ1) is 12.1. The van der Waals surface area contributed by atoms with Gasteiger partial charge in [-0.25, -0.2) is 0 Å². The minimum atomic E-state index is -0.625. The Kier molecular flexibility index (Phi) is 3.29. The fraction of sp³-hybridized carbons (Fsp3) is 0. The van der Waals surface area contributed by atoms with Crippen LogP contribution in [0.15, 0.2) is 42.7 Å². The second kappa shape index (κ2) is 4.89. The molecule has 1 aromatic carbocycles. The van der Waals surface area contributed by atoms with Crippen molar-refractivity contribution >= 4 is 17.3 Å². The lowest BCUT2D eigenvalue weighted by Crippen LogP contribution is -2.24. The van der Waals surface area contributed by atoms with Gasteiger partial charge in [-0.2, -0.15) is 4.73 Å². The highest BCUT2D eigenvalue weighted by atomic mass is 35.5. The molecule has 92 valence electrons. The molecule has 0 atom stereocenters. The Morgan fingerprint density at radius 2 is 2.11 bits per heavy atom. The number of nitro groups is 1. The highest BCUT2D eigenvalue weighted by Crippen LogP contribution is 2.30. The summed E-state index contributed by atoms with van der Waals surface area (Å²) in [6.07, 6.45) is 2.02. The van der Waals surface area contributed by atoms with E-state index in [1.807, 2.05) is 0 Å². The number of halogens is 1. The van der Waals surface area contributed by atoms with Crippen LogP contribution in [0.1, 0.15) is 0 Å². The molecule has 2 rings (SSSR count). The first-order valence-electron chi connectivity index (χ1n) is 4.87. The van der Waals surface area contributed by atoms with Crippen molar-refractivity contribution in [2.45, 2.75) is 0 Å². The third-order valence-electron chi connectivity index (χ3n) is 2.10. The van der Waals surface area contributed by atoms with Crippen molar-refractivity contribution in [2.24, 2.45) is 0 Å². The number of ether oxygens (including phenoxy) is 1. The molecule has 0 spiro atoms. The van der Waals surface area contributed by atoms with Crippen molar-refractivity contribution in [3.63, 3.8) is 0 Å². The average Bonchev–Trinajstić information content (AvgIpc) is 2.28. The van der Waals surface area contributed by atoms with Crippen molar-refractivity contribution in [2.75, 3.05) is 0 Å². The third kappa shape index (κ3) is 2.67. The fourth-order valence-electron chi connectivity index (χ4n) is 1.34. The Bertz CT molecular complexity index is 603. The molecule has 0 aliphatic heterocycles. The summed E-state index contributed by atoms with van der Waals surface area (Å²) in [6, 6.07) is 7.43. The molecule has 1 heterocycles. The van der Waals surface area contributed by atoms with Crippen LogP contribution in [0.5, 0.6) is 11.5 Å². The molecule has 2 aromatic rings. The van der Waals surface area contributed by atoms with Crippen LogP contribution in [0.3, 0.4) is 0 Å². The summed E-state index contributed by atoms with van der Waals surface area (Å²) in [6.45, 7) is 0. The van der Waals surface area contributed by atoms with Gasteiger partial charge in [0.25, 0.3) is 5.75 Å². The van der Waals surface area contributed by atoms with E-state index in [9.17, 15) is 15.3 Å². The quantitative estimate of drug-likeness (QED) is 0.370. The molecule has 0 bridgehead atoms. The van der Waals surface area contributed by atoms with Crippen molar-refractivity contribution in [1.29, 1.82) is 0 Å². The van der Waals surface area contributed by atoms with Crippen LogP contribution in [-0.2, 0) is 0 Å². The van der Waals surface area contributed by atoms with Crippen molar-refractivity contribution in [1.82, 2.24) is 0 Å². The van der Waals surface area contributed by atoms with Gasteiger partial charge in [-0.3, -0.25) is 10.1 Å². The van der Waals surface area contributed by atoms with Gasteiger partial charge in [0.2, 0.25) is 6.20 Å². The van der Waals surface area contributed by atoms with E-state index in [-0.39, 0.29) is 11.4 Å². The smallest absolute Gasteiger partial charge is 0.323 e. The van der Waals surface area contributed by atoms with Crippen LogP contribution >= 0.6 is 11.6 Å². The number of hydrogen-bond acceptors (Lipinski definition) is 4. The summed E-state index contributed by atoms with van der Waals surface area (Å²) >= 11 is 5.76.